The number of rotatable bonds is 4. The second-order valence-electron chi connectivity index (χ2n) is 5.90. The standard InChI is InChI=1S/C16H23N3O/c1-2-14-5-3-6-15(17-14)19-12-13(7-8-16(19)20)11-18-9-4-10-18/h3,5-6,13H,2,4,7-12H2,1H3/t13-/m0/s1. The molecular weight excluding hydrogens is 250 g/mol. The molecule has 0 N–H and O–H groups in total. The van der Waals surface area contributed by atoms with Crippen molar-refractivity contribution in [2.24, 2.45) is 5.92 Å². The number of carbonyl (C=O) groups is 1. The van der Waals surface area contributed by atoms with E-state index >= 15 is 0 Å². The zero-order valence-corrected chi connectivity index (χ0v) is 12.2. The average Bonchev–Trinajstić information content (AvgIpc) is 2.44. The van der Waals surface area contributed by atoms with Gasteiger partial charge in [-0.3, -0.25) is 9.69 Å². The van der Waals surface area contributed by atoms with Crippen LogP contribution in [0.1, 0.15) is 31.9 Å². The van der Waals surface area contributed by atoms with Crippen molar-refractivity contribution < 1.29 is 4.79 Å². The van der Waals surface area contributed by atoms with Crippen molar-refractivity contribution in [1.82, 2.24) is 9.88 Å². The van der Waals surface area contributed by atoms with Gasteiger partial charge in [-0.15, -0.1) is 0 Å². The summed E-state index contributed by atoms with van der Waals surface area (Å²) < 4.78 is 0. The van der Waals surface area contributed by atoms with E-state index < -0.39 is 0 Å². The zero-order valence-electron chi connectivity index (χ0n) is 12.2. The molecule has 0 radical (unpaired) electrons. The van der Waals surface area contributed by atoms with Crippen molar-refractivity contribution in [3.05, 3.63) is 23.9 Å². The molecule has 4 nitrogen and oxygen atoms in total. The number of carbonyl (C=O) groups excluding carboxylic acids is 1. The summed E-state index contributed by atoms with van der Waals surface area (Å²) in [5.74, 6) is 1.66. The number of aromatic nitrogens is 1. The summed E-state index contributed by atoms with van der Waals surface area (Å²) >= 11 is 0. The second kappa shape index (κ2) is 5.92. The van der Waals surface area contributed by atoms with Crippen LogP contribution >= 0.6 is 0 Å². The molecule has 1 aromatic rings. The first-order chi connectivity index (χ1) is 9.76. The van der Waals surface area contributed by atoms with Gasteiger partial charge in [-0.2, -0.15) is 0 Å². The van der Waals surface area contributed by atoms with Crippen LogP contribution in [0.5, 0.6) is 0 Å². The molecule has 2 aliphatic heterocycles. The number of piperidine rings is 1. The quantitative estimate of drug-likeness (QED) is 0.843. The van der Waals surface area contributed by atoms with Gasteiger partial charge in [-0.25, -0.2) is 4.98 Å². The molecule has 0 bridgehead atoms. The van der Waals surface area contributed by atoms with Gasteiger partial charge in [0.15, 0.2) is 0 Å². The molecule has 1 aromatic heterocycles. The lowest BCUT2D eigenvalue weighted by Gasteiger charge is -2.38. The van der Waals surface area contributed by atoms with Crippen LogP contribution in [0.15, 0.2) is 18.2 Å². The Morgan fingerprint density at radius 3 is 2.90 bits per heavy atom. The van der Waals surface area contributed by atoms with Gasteiger partial charge in [0.25, 0.3) is 0 Å². The number of pyridine rings is 1. The largest absolute Gasteiger partial charge is 0.303 e. The van der Waals surface area contributed by atoms with Gasteiger partial charge in [-0.05, 0) is 50.4 Å². The number of hydrogen-bond acceptors (Lipinski definition) is 3. The summed E-state index contributed by atoms with van der Waals surface area (Å²) in [6.45, 7) is 6.52. The molecule has 2 saturated heterocycles. The molecule has 1 atom stereocenters. The summed E-state index contributed by atoms with van der Waals surface area (Å²) in [5.41, 5.74) is 1.06. The number of likely N-dealkylation sites (tertiary alicyclic amines) is 1. The first kappa shape index (κ1) is 13.6. The molecule has 3 rings (SSSR count). The van der Waals surface area contributed by atoms with Crippen LogP contribution in [0, 0.1) is 5.92 Å². The monoisotopic (exact) mass is 273 g/mol. The molecule has 1 amide bonds. The normalized spacial score (nSPS) is 23.8. The van der Waals surface area contributed by atoms with Crippen LogP contribution in [0.25, 0.3) is 0 Å². The fraction of sp³-hybridized carbons (Fsp3) is 0.625. The lowest BCUT2D eigenvalue weighted by Crippen LogP contribution is -2.47. The molecule has 3 heterocycles. The molecule has 108 valence electrons. The summed E-state index contributed by atoms with van der Waals surface area (Å²) in [6.07, 6.45) is 3.93. The van der Waals surface area contributed by atoms with Gasteiger partial charge >= 0.3 is 0 Å². The van der Waals surface area contributed by atoms with Crippen LogP contribution in [0.2, 0.25) is 0 Å². The highest BCUT2D eigenvalue weighted by molar-refractivity contribution is 5.93. The van der Waals surface area contributed by atoms with Gasteiger partial charge in [0.1, 0.15) is 5.82 Å². The first-order valence-electron chi connectivity index (χ1n) is 7.75. The minimum Gasteiger partial charge on any atom is -0.303 e. The molecule has 2 fully saturated rings. The van der Waals surface area contributed by atoms with Crippen molar-refractivity contribution in [1.29, 1.82) is 0 Å². The molecule has 0 saturated carbocycles. The number of amides is 1. The number of nitrogens with zero attached hydrogens (tertiary/aromatic N) is 3. The Labute approximate surface area is 120 Å². The highest BCUT2D eigenvalue weighted by Gasteiger charge is 2.29. The highest BCUT2D eigenvalue weighted by Crippen LogP contribution is 2.24. The van der Waals surface area contributed by atoms with E-state index in [2.05, 4.69) is 16.8 Å². The molecular formula is C16H23N3O. The summed E-state index contributed by atoms with van der Waals surface area (Å²) in [5, 5.41) is 0. The lowest BCUT2D eigenvalue weighted by molar-refractivity contribution is -0.120. The van der Waals surface area contributed by atoms with Gasteiger partial charge < -0.3 is 4.90 Å². The fourth-order valence-electron chi connectivity index (χ4n) is 3.03. The third kappa shape index (κ3) is 2.85. The molecule has 0 spiro atoms. The van der Waals surface area contributed by atoms with Crippen LogP contribution in [-0.4, -0.2) is 42.0 Å². The van der Waals surface area contributed by atoms with Gasteiger partial charge in [-0.1, -0.05) is 13.0 Å². The maximum Gasteiger partial charge on any atom is 0.228 e. The average molecular weight is 273 g/mol. The number of anilines is 1. The minimum atomic E-state index is 0.227. The molecule has 20 heavy (non-hydrogen) atoms. The van der Waals surface area contributed by atoms with Crippen molar-refractivity contribution in [2.45, 2.75) is 32.6 Å². The zero-order chi connectivity index (χ0) is 13.9. The van der Waals surface area contributed by atoms with E-state index in [-0.39, 0.29) is 5.91 Å². The van der Waals surface area contributed by atoms with Crippen molar-refractivity contribution >= 4 is 11.7 Å². The Morgan fingerprint density at radius 1 is 1.35 bits per heavy atom. The minimum absolute atomic E-state index is 0.227. The van der Waals surface area contributed by atoms with E-state index in [1.807, 2.05) is 23.1 Å². The molecule has 0 aliphatic carbocycles. The Bertz CT molecular complexity index is 484. The molecule has 0 unspecified atom stereocenters. The van der Waals surface area contributed by atoms with Crippen LogP contribution in [0.4, 0.5) is 5.82 Å². The third-order valence-corrected chi connectivity index (χ3v) is 4.40. The van der Waals surface area contributed by atoms with Crippen molar-refractivity contribution in [3.8, 4) is 0 Å². The Kier molecular flexibility index (Phi) is 4.01. The summed E-state index contributed by atoms with van der Waals surface area (Å²) in [6, 6.07) is 5.99. The number of hydrogen-bond donors (Lipinski definition) is 0. The second-order valence-corrected chi connectivity index (χ2v) is 5.90. The van der Waals surface area contributed by atoms with Crippen LogP contribution < -0.4 is 4.90 Å². The van der Waals surface area contributed by atoms with E-state index in [1.54, 1.807) is 0 Å². The van der Waals surface area contributed by atoms with E-state index in [0.717, 1.165) is 37.4 Å². The molecule has 0 aromatic carbocycles. The van der Waals surface area contributed by atoms with Crippen molar-refractivity contribution in [3.63, 3.8) is 0 Å². The fourth-order valence-corrected chi connectivity index (χ4v) is 3.03. The van der Waals surface area contributed by atoms with Crippen LogP contribution in [-0.2, 0) is 11.2 Å². The number of aryl methyl sites for hydroxylation is 1. The Hall–Kier alpha value is -1.42. The van der Waals surface area contributed by atoms with Crippen molar-refractivity contribution in [2.75, 3.05) is 31.1 Å². The maximum absolute atomic E-state index is 12.2. The van der Waals surface area contributed by atoms with Crippen LogP contribution in [0.3, 0.4) is 0 Å². The predicted octanol–water partition coefficient (Wildman–Crippen LogP) is 2.09. The Balaban J connectivity index is 1.70. The van der Waals surface area contributed by atoms with E-state index in [0.29, 0.717) is 12.3 Å². The highest BCUT2D eigenvalue weighted by atomic mass is 16.2. The summed E-state index contributed by atoms with van der Waals surface area (Å²) in [7, 11) is 0. The van der Waals surface area contributed by atoms with Gasteiger partial charge in [0.2, 0.25) is 5.91 Å². The topological polar surface area (TPSA) is 36.4 Å². The molecule has 2 aliphatic rings. The predicted molar refractivity (Wildman–Crippen MR) is 79.7 cm³/mol. The smallest absolute Gasteiger partial charge is 0.228 e. The van der Waals surface area contributed by atoms with E-state index in [1.165, 1.54) is 19.5 Å². The SMILES string of the molecule is CCc1cccc(N2C[C@H](CN3CCC3)CCC2=O)n1. The van der Waals surface area contributed by atoms with E-state index in [9.17, 15) is 4.79 Å². The molecule has 4 heteroatoms. The first-order valence-corrected chi connectivity index (χ1v) is 7.75. The van der Waals surface area contributed by atoms with Gasteiger partial charge in [0, 0.05) is 25.2 Å². The van der Waals surface area contributed by atoms with E-state index in [4.69, 9.17) is 0 Å². The lowest BCUT2D eigenvalue weighted by atomic mass is 9.95. The Morgan fingerprint density at radius 2 is 2.20 bits per heavy atom. The maximum atomic E-state index is 12.2. The third-order valence-electron chi connectivity index (χ3n) is 4.40. The summed E-state index contributed by atoms with van der Waals surface area (Å²) in [4.78, 5) is 21.2. The van der Waals surface area contributed by atoms with Gasteiger partial charge in [0.05, 0.1) is 0 Å².